The molecule has 2 fully saturated rings. The predicted octanol–water partition coefficient (Wildman–Crippen LogP) is 5.82. The van der Waals surface area contributed by atoms with Crippen LogP contribution in [0.1, 0.15) is 88.2 Å². The van der Waals surface area contributed by atoms with Gasteiger partial charge in [0.1, 0.15) is 12.1 Å². The van der Waals surface area contributed by atoms with Gasteiger partial charge < -0.3 is 20.9 Å². The van der Waals surface area contributed by atoms with Gasteiger partial charge in [-0.25, -0.2) is 0 Å². The second kappa shape index (κ2) is 17.6. The fourth-order valence-electron chi connectivity index (χ4n) is 6.91. The number of amides is 4. The summed E-state index contributed by atoms with van der Waals surface area (Å²) in [6, 6.07) is 22.2. The molecule has 47 heavy (non-hydrogen) atoms. The van der Waals surface area contributed by atoms with E-state index in [9.17, 15) is 19.2 Å². The fourth-order valence-corrected chi connectivity index (χ4v) is 6.91. The van der Waals surface area contributed by atoms with Gasteiger partial charge in [0.15, 0.2) is 0 Å². The van der Waals surface area contributed by atoms with Crippen LogP contribution in [-0.2, 0) is 32.1 Å². The molecule has 0 bridgehead atoms. The highest BCUT2D eigenvalue weighted by Crippen LogP contribution is 2.21. The molecule has 8 nitrogen and oxygen atoms in total. The molecular weight excluding hydrogens is 588 g/mol. The molecule has 4 amide bonds. The molecule has 2 saturated heterocycles. The Labute approximate surface area is 279 Å². The Bertz CT molecular complexity index is 1480. The molecule has 250 valence electrons. The highest BCUT2D eigenvalue weighted by molar-refractivity contribution is 5.95. The van der Waals surface area contributed by atoms with E-state index in [1.54, 1.807) is 4.90 Å². The Morgan fingerprint density at radius 3 is 2.13 bits per heavy atom. The van der Waals surface area contributed by atoms with E-state index >= 15 is 0 Å². The summed E-state index contributed by atoms with van der Waals surface area (Å²) < 4.78 is 0. The van der Waals surface area contributed by atoms with Gasteiger partial charge in [-0.15, -0.1) is 0 Å². The molecule has 2 heterocycles. The smallest absolute Gasteiger partial charge is 0.243 e. The number of hydrogen-bond acceptors (Lipinski definition) is 4. The molecule has 3 aromatic carbocycles. The number of carbonyl (C=O) groups excluding carboxylic acids is 4. The zero-order valence-corrected chi connectivity index (χ0v) is 27.6. The summed E-state index contributed by atoms with van der Waals surface area (Å²) in [5.41, 5.74) is 2.07. The molecule has 0 aromatic heterocycles. The summed E-state index contributed by atoms with van der Waals surface area (Å²) in [6.45, 7) is 1.66. The lowest BCUT2D eigenvalue weighted by Gasteiger charge is -2.26. The highest BCUT2D eigenvalue weighted by atomic mass is 16.2. The maximum absolute atomic E-state index is 14.0. The van der Waals surface area contributed by atoms with Crippen LogP contribution in [0.2, 0.25) is 0 Å². The maximum Gasteiger partial charge on any atom is 0.243 e. The average molecular weight is 639 g/mol. The molecule has 3 atom stereocenters. The van der Waals surface area contributed by atoms with Gasteiger partial charge in [0.2, 0.25) is 23.6 Å². The van der Waals surface area contributed by atoms with Crippen molar-refractivity contribution >= 4 is 34.4 Å². The number of fused-ring (bicyclic) bond motifs is 1. The molecule has 0 spiro atoms. The van der Waals surface area contributed by atoms with Crippen molar-refractivity contribution in [2.45, 2.75) is 102 Å². The first-order valence-corrected chi connectivity index (χ1v) is 17.6. The van der Waals surface area contributed by atoms with Gasteiger partial charge in [0.25, 0.3) is 0 Å². The number of nitrogens with zero attached hydrogens (tertiary/aromatic N) is 1. The van der Waals surface area contributed by atoms with E-state index in [1.807, 2.05) is 72.8 Å². The molecule has 0 aliphatic carbocycles. The van der Waals surface area contributed by atoms with Crippen molar-refractivity contribution in [3.8, 4) is 0 Å². The van der Waals surface area contributed by atoms with E-state index in [0.29, 0.717) is 38.9 Å². The Kier molecular flexibility index (Phi) is 12.8. The molecule has 1 unspecified atom stereocenters. The van der Waals surface area contributed by atoms with E-state index in [1.165, 1.54) is 0 Å². The third-order valence-corrected chi connectivity index (χ3v) is 9.68. The normalized spacial score (nSPS) is 22.0. The van der Waals surface area contributed by atoms with E-state index < -0.39 is 18.0 Å². The van der Waals surface area contributed by atoms with E-state index in [-0.39, 0.29) is 30.1 Å². The van der Waals surface area contributed by atoms with E-state index in [4.69, 9.17) is 0 Å². The number of carbonyl (C=O) groups is 4. The lowest BCUT2D eigenvalue weighted by Crippen LogP contribution is -2.55. The van der Waals surface area contributed by atoms with Crippen molar-refractivity contribution < 1.29 is 19.2 Å². The number of likely N-dealkylation sites (tertiary alicyclic amines) is 1. The minimum Gasteiger partial charge on any atom is -0.350 e. The molecule has 0 saturated carbocycles. The highest BCUT2D eigenvalue weighted by Gasteiger charge is 2.32. The number of nitrogens with one attached hydrogen (secondary N) is 3. The van der Waals surface area contributed by atoms with Crippen molar-refractivity contribution in [2.75, 3.05) is 13.1 Å². The van der Waals surface area contributed by atoms with Gasteiger partial charge in [0.05, 0.1) is 6.42 Å². The zero-order chi connectivity index (χ0) is 32.8. The monoisotopic (exact) mass is 638 g/mol. The minimum atomic E-state index is -1.06. The SMILES string of the molecule is O=C1N[C@@H](CC(=O)N2CCCC2)C(=O)N[C@H](C(=O)NCc2cccc3ccccc23)CCCCCCCCCC1Cc1ccccc1. The summed E-state index contributed by atoms with van der Waals surface area (Å²) in [4.78, 5) is 56.5. The standard InChI is InChI=1S/C39H50N4O4/c44-36(43-24-13-14-25-43)27-35-39(47)41-34(38(46)40-28-32-21-15-20-30-18-11-12-22-33(30)32)23-10-5-3-1-2-4-9-19-31(37(45)42-35)26-29-16-7-6-8-17-29/h6-8,11-12,15-18,20-22,31,34-35H,1-5,9-10,13-14,19,23-28H2,(H,40,46)(H,41,47)(H,42,45)/t31?,34-,35-/m0/s1. The van der Waals surface area contributed by atoms with Crippen LogP contribution >= 0.6 is 0 Å². The van der Waals surface area contributed by atoms with Gasteiger partial charge in [0, 0.05) is 25.6 Å². The first kappa shape index (κ1) is 34.1. The average Bonchev–Trinajstić information content (AvgIpc) is 3.64. The first-order chi connectivity index (χ1) is 23.0. The van der Waals surface area contributed by atoms with Crippen molar-refractivity contribution in [1.29, 1.82) is 0 Å². The van der Waals surface area contributed by atoms with Crippen molar-refractivity contribution in [1.82, 2.24) is 20.9 Å². The van der Waals surface area contributed by atoms with Crippen molar-refractivity contribution in [3.63, 3.8) is 0 Å². The third kappa shape index (κ3) is 10.1. The predicted molar refractivity (Wildman–Crippen MR) is 185 cm³/mol. The number of hydrogen-bond donors (Lipinski definition) is 3. The molecular formula is C39H50N4O4. The molecule has 3 N–H and O–H groups in total. The molecule has 2 aliphatic rings. The second-order valence-corrected chi connectivity index (χ2v) is 13.2. The Morgan fingerprint density at radius 2 is 1.36 bits per heavy atom. The molecule has 2 aliphatic heterocycles. The third-order valence-electron chi connectivity index (χ3n) is 9.68. The van der Waals surface area contributed by atoms with Gasteiger partial charge in [-0.3, -0.25) is 19.2 Å². The van der Waals surface area contributed by atoms with Crippen LogP contribution in [0.15, 0.2) is 72.8 Å². The van der Waals surface area contributed by atoms with Crippen LogP contribution in [0.25, 0.3) is 10.8 Å². The van der Waals surface area contributed by atoms with Crippen LogP contribution < -0.4 is 16.0 Å². The Balaban J connectivity index is 1.34. The van der Waals surface area contributed by atoms with E-state index in [0.717, 1.165) is 79.7 Å². The second-order valence-electron chi connectivity index (χ2n) is 13.2. The van der Waals surface area contributed by atoms with Gasteiger partial charge in [-0.1, -0.05) is 118 Å². The fraction of sp³-hybridized carbons (Fsp3) is 0.487. The van der Waals surface area contributed by atoms with Gasteiger partial charge >= 0.3 is 0 Å². The molecule has 8 heteroatoms. The Hall–Kier alpha value is -4.20. The minimum absolute atomic E-state index is 0.125. The largest absolute Gasteiger partial charge is 0.350 e. The summed E-state index contributed by atoms with van der Waals surface area (Å²) >= 11 is 0. The van der Waals surface area contributed by atoms with Crippen LogP contribution in [0, 0.1) is 5.92 Å². The maximum atomic E-state index is 14.0. The van der Waals surface area contributed by atoms with Crippen molar-refractivity contribution in [2.24, 2.45) is 5.92 Å². The summed E-state index contributed by atoms with van der Waals surface area (Å²) in [5, 5.41) is 11.2. The molecule has 3 aromatic rings. The lowest BCUT2D eigenvalue weighted by atomic mass is 9.92. The molecule has 0 radical (unpaired) electrons. The van der Waals surface area contributed by atoms with Crippen LogP contribution in [0.5, 0.6) is 0 Å². The van der Waals surface area contributed by atoms with Crippen LogP contribution in [-0.4, -0.2) is 53.7 Å². The first-order valence-electron chi connectivity index (χ1n) is 17.6. The van der Waals surface area contributed by atoms with Gasteiger partial charge in [-0.05, 0) is 54.0 Å². The Morgan fingerprint density at radius 1 is 0.702 bits per heavy atom. The zero-order valence-electron chi connectivity index (χ0n) is 27.6. The quantitative estimate of drug-likeness (QED) is 0.303. The van der Waals surface area contributed by atoms with Gasteiger partial charge in [-0.2, -0.15) is 0 Å². The van der Waals surface area contributed by atoms with Crippen LogP contribution in [0.4, 0.5) is 0 Å². The number of benzene rings is 3. The van der Waals surface area contributed by atoms with E-state index in [2.05, 4.69) is 16.0 Å². The number of rotatable bonds is 7. The summed E-state index contributed by atoms with van der Waals surface area (Å²) in [6.07, 6.45) is 10.6. The summed E-state index contributed by atoms with van der Waals surface area (Å²) in [5.74, 6) is -1.42. The summed E-state index contributed by atoms with van der Waals surface area (Å²) in [7, 11) is 0. The van der Waals surface area contributed by atoms with Crippen LogP contribution in [0.3, 0.4) is 0 Å². The topological polar surface area (TPSA) is 108 Å². The van der Waals surface area contributed by atoms with Crippen molar-refractivity contribution in [3.05, 3.63) is 83.9 Å². The lowest BCUT2D eigenvalue weighted by molar-refractivity contribution is -0.137. The molecule has 5 rings (SSSR count).